The first kappa shape index (κ1) is 19.9. The van der Waals surface area contributed by atoms with Crippen LogP contribution >= 0.6 is 0 Å². The predicted molar refractivity (Wildman–Crippen MR) is 97.2 cm³/mol. The van der Waals surface area contributed by atoms with Crippen LogP contribution in [-0.2, 0) is 21.2 Å². The van der Waals surface area contributed by atoms with Gasteiger partial charge in [-0.3, -0.25) is 4.79 Å². The molecule has 2 rings (SSSR count). The van der Waals surface area contributed by atoms with Crippen molar-refractivity contribution in [1.29, 1.82) is 0 Å². The zero-order chi connectivity index (χ0) is 19.3. The van der Waals surface area contributed by atoms with E-state index in [1.54, 1.807) is 12.1 Å². The van der Waals surface area contributed by atoms with E-state index in [4.69, 9.17) is 4.74 Å². The van der Waals surface area contributed by atoms with Crippen LogP contribution in [-0.4, -0.2) is 27.5 Å². The van der Waals surface area contributed by atoms with Crippen LogP contribution < -0.4 is 14.8 Å². The highest BCUT2D eigenvalue weighted by molar-refractivity contribution is 7.89. The number of hydrogen-bond donors (Lipinski definition) is 2. The Morgan fingerprint density at radius 2 is 1.92 bits per heavy atom. The summed E-state index contributed by atoms with van der Waals surface area (Å²) in [7, 11) is -2.87. The lowest BCUT2D eigenvalue weighted by Crippen LogP contribution is -2.41. The smallest absolute Gasteiger partial charge is 0.245 e. The second-order valence-electron chi connectivity index (χ2n) is 5.64. The van der Waals surface area contributed by atoms with Crippen molar-refractivity contribution < 1.29 is 22.3 Å². The number of rotatable bonds is 7. The molecule has 26 heavy (non-hydrogen) atoms. The Bertz CT molecular complexity index is 900. The van der Waals surface area contributed by atoms with Crippen molar-refractivity contribution in [1.82, 2.24) is 4.72 Å². The number of para-hydroxylation sites is 1. The van der Waals surface area contributed by atoms with E-state index in [9.17, 15) is 17.6 Å². The van der Waals surface area contributed by atoms with Gasteiger partial charge in [-0.15, -0.1) is 0 Å². The molecule has 0 aliphatic carbocycles. The van der Waals surface area contributed by atoms with Crippen molar-refractivity contribution in [3.63, 3.8) is 0 Å². The SMILES string of the molecule is CCc1ccccc1NC(=O)C(C)NS(=O)(=O)c1cc(F)ccc1OC. The summed E-state index contributed by atoms with van der Waals surface area (Å²) < 4.78 is 45.7. The molecule has 0 radical (unpaired) electrons. The summed E-state index contributed by atoms with van der Waals surface area (Å²) in [5.41, 5.74) is 1.55. The van der Waals surface area contributed by atoms with Crippen molar-refractivity contribution in [3.05, 3.63) is 53.8 Å². The van der Waals surface area contributed by atoms with E-state index in [-0.39, 0.29) is 10.6 Å². The van der Waals surface area contributed by atoms with Gasteiger partial charge in [0.2, 0.25) is 15.9 Å². The third-order valence-electron chi connectivity index (χ3n) is 3.80. The fraction of sp³-hybridized carbons (Fsp3) is 0.278. The number of hydrogen-bond acceptors (Lipinski definition) is 4. The minimum absolute atomic E-state index is 0.0113. The zero-order valence-corrected chi connectivity index (χ0v) is 15.6. The van der Waals surface area contributed by atoms with Crippen LogP contribution in [0.1, 0.15) is 19.4 Å². The highest BCUT2D eigenvalue weighted by atomic mass is 32.2. The second kappa shape index (κ2) is 8.29. The summed E-state index contributed by atoms with van der Waals surface area (Å²) in [4.78, 5) is 12.0. The average Bonchev–Trinajstić information content (AvgIpc) is 2.61. The van der Waals surface area contributed by atoms with Gasteiger partial charge in [-0.1, -0.05) is 25.1 Å². The van der Waals surface area contributed by atoms with Crippen molar-refractivity contribution in [3.8, 4) is 5.75 Å². The van der Waals surface area contributed by atoms with Crippen LogP contribution in [0.25, 0.3) is 0 Å². The molecule has 8 heteroatoms. The van der Waals surface area contributed by atoms with E-state index < -0.39 is 27.8 Å². The Morgan fingerprint density at radius 3 is 2.58 bits per heavy atom. The topological polar surface area (TPSA) is 84.5 Å². The zero-order valence-electron chi connectivity index (χ0n) is 14.7. The minimum Gasteiger partial charge on any atom is -0.495 e. The van der Waals surface area contributed by atoms with Crippen molar-refractivity contribution in [2.75, 3.05) is 12.4 Å². The third kappa shape index (κ3) is 4.59. The standard InChI is InChI=1S/C18H21FN2O4S/c1-4-13-7-5-6-8-15(13)20-18(22)12(2)21-26(23,24)17-11-14(19)9-10-16(17)25-3/h5-12,21H,4H2,1-3H3,(H,20,22). The number of sulfonamides is 1. The van der Waals surface area contributed by atoms with Crippen LogP contribution in [0.15, 0.2) is 47.4 Å². The van der Waals surface area contributed by atoms with Crippen LogP contribution in [0.5, 0.6) is 5.75 Å². The summed E-state index contributed by atoms with van der Waals surface area (Å²) >= 11 is 0. The fourth-order valence-corrected chi connectivity index (χ4v) is 3.79. The average molecular weight is 380 g/mol. The number of carbonyl (C=O) groups is 1. The first-order valence-electron chi connectivity index (χ1n) is 8.03. The van der Waals surface area contributed by atoms with Gasteiger partial charge >= 0.3 is 0 Å². The van der Waals surface area contributed by atoms with E-state index in [0.717, 1.165) is 24.1 Å². The summed E-state index contributed by atoms with van der Waals surface area (Å²) in [6.45, 7) is 3.36. The fourth-order valence-electron chi connectivity index (χ4n) is 2.40. The molecular formula is C18H21FN2O4S. The van der Waals surface area contributed by atoms with Crippen molar-refractivity contribution >= 4 is 21.6 Å². The molecule has 0 fully saturated rings. The lowest BCUT2D eigenvalue weighted by molar-refractivity contribution is -0.117. The molecule has 140 valence electrons. The number of ether oxygens (including phenoxy) is 1. The molecule has 1 atom stereocenters. The number of halogens is 1. The molecule has 0 bridgehead atoms. The third-order valence-corrected chi connectivity index (χ3v) is 5.36. The van der Waals surface area contributed by atoms with Crippen LogP contribution in [0.2, 0.25) is 0 Å². The Kier molecular flexibility index (Phi) is 6.33. The molecule has 2 aromatic rings. The molecule has 0 aliphatic rings. The first-order chi connectivity index (χ1) is 12.3. The summed E-state index contributed by atoms with van der Waals surface area (Å²) in [5, 5.41) is 2.70. The molecule has 6 nitrogen and oxygen atoms in total. The van der Waals surface area contributed by atoms with E-state index in [2.05, 4.69) is 10.0 Å². The molecule has 0 aliphatic heterocycles. The number of amides is 1. The minimum atomic E-state index is -4.15. The van der Waals surface area contributed by atoms with Gasteiger partial charge < -0.3 is 10.1 Å². The van der Waals surface area contributed by atoms with Gasteiger partial charge in [0, 0.05) is 5.69 Å². The van der Waals surface area contributed by atoms with Gasteiger partial charge in [0.15, 0.2) is 0 Å². The number of methoxy groups -OCH3 is 1. The lowest BCUT2D eigenvalue weighted by atomic mass is 10.1. The lowest BCUT2D eigenvalue weighted by Gasteiger charge is -2.17. The molecule has 2 N–H and O–H groups in total. The van der Waals surface area contributed by atoms with E-state index in [1.165, 1.54) is 20.1 Å². The molecule has 2 aromatic carbocycles. The van der Waals surface area contributed by atoms with E-state index >= 15 is 0 Å². The van der Waals surface area contributed by atoms with Gasteiger partial charge in [0.05, 0.1) is 13.2 Å². The van der Waals surface area contributed by atoms with Crippen LogP contribution in [0.4, 0.5) is 10.1 Å². The van der Waals surface area contributed by atoms with Crippen molar-refractivity contribution in [2.45, 2.75) is 31.2 Å². The van der Waals surface area contributed by atoms with Gasteiger partial charge in [-0.25, -0.2) is 12.8 Å². The predicted octanol–water partition coefficient (Wildman–Crippen LogP) is 2.70. The number of anilines is 1. The van der Waals surface area contributed by atoms with Gasteiger partial charge in [0.1, 0.15) is 16.5 Å². The molecule has 0 spiro atoms. The van der Waals surface area contributed by atoms with Gasteiger partial charge in [-0.2, -0.15) is 4.72 Å². The van der Waals surface area contributed by atoms with Crippen LogP contribution in [0.3, 0.4) is 0 Å². The Balaban J connectivity index is 2.19. The Hall–Kier alpha value is -2.45. The maximum absolute atomic E-state index is 13.5. The monoisotopic (exact) mass is 380 g/mol. The highest BCUT2D eigenvalue weighted by Gasteiger charge is 2.26. The maximum atomic E-state index is 13.5. The number of benzene rings is 2. The Labute approximate surface area is 152 Å². The summed E-state index contributed by atoms with van der Waals surface area (Å²) in [6, 6.07) is 9.34. The number of aryl methyl sites for hydroxylation is 1. The van der Waals surface area contributed by atoms with Gasteiger partial charge in [-0.05, 0) is 43.2 Å². The largest absolute Gasteiger partial charge is 0.495 e. The molecule has 1 amide bonds. The molecule has 0 aromatic heterocycles. The number of nitrogens with one attached hydrogen (secondary N) is 2. The Morgan fingerprint density at radius 1 is 1.23 bits per heavy atom. The number of carbonyl (C=O) groups excluding carboxylic acids is 1. The van der Waals surface area contributed by atoms with Crippen molar-refractivity contribution in [2.24, 2.45) is 0 Å². The summed E-state index contributed by atoms with van der Waals surface area (Å²) in [6.07, 6.45) is 0.719. The highest BCUT2D eigenvalue weighted by Crippen LogP contribution is 2.24. The second-order valence-corrected chi connectivity index (χ2v) is 7.32. The first-order valence-corrected chi connectivity index (χ1v) is 9.51. The molecular weight excluding hydrogens is 359 g/mol. The molecule has 1 unspecified atom stereocenters. The molecule has 0 saturated heterocycles. The molecule has 0 saturated carbocycles. The van der Waals surface area contributed by atoms with E-state index in [0.29, 0.717) is 5.69 Å². The summed E-state index contributed by atoms with van der Waals surface area (Å²) in [5.74, 6) is -1.26. The van der Waals surface area contributed by atoms with E-state index in [1.807, 2.05) is 19.1 Å². The molecule has 0 heterocycles. The normalized spacial score (nSPS) is 12.5. The maximum Gasteiger partial charge on any atom is 0.245 e. The van der Waals surface area contributed by atoms with Gasteiger partial charge in [0.25, 0.3) is 0 Å². The quantitative estimate of drug-likeness (QED) is 0.774. The van der Waals surface area contributed by atoms with Crippen LogP contribution in [0, 0.1) is 5.82 Å².